The van der Waals surface area contributed by atoms with Crippen molar-refractivity contribution in [3.8, 4) is 11.5 Å². The van der Waals surface area contributed by atoms with Gasteiger partial charge in [0.05, 0.1) is 12.1 Å². The topological polar surface area (TPSA) is 18.5 Å². The predicted octanol–water partition coefficient (Wildman–Crippen LogP) is 6.83. The van der Waals surface area contributed by atoms with Crippen molar-refractivity contribution >= 4 is 11.6 Å². The van der Waals surface area contributed by atoms with Gasteiger partial charge in [-0.1, -0.05) is 77.4 Å². The second-order valence-corrected chi connectivity index (χ2v) is 9.26. The number of ether oxygens (including phenoxy) is 2. The van der Waals surface area contributed by atoms with Crippen LogP contribution in [0.25, 0.3) is 0 Å². The van der Waals surface area contributed by atoms with E-state index >= 15 is 0 Å². The lowest BCUT2D eigenvalue weighted by molar-refractivity contribution is 0.290. The molecule has 0 N–H and O–H groups in total. The largest absolute Gasteiger partial charge is 0.495 e. The van der Waals surface area contributed by atoms with Crippen molar-refractivity contribution in [2.45, 2.75) is 65.9 Å². The van der Waals surface area contributed by atoms with Crippen LogP contribution in [0.3, 0.4) is 0 Å². The minimum Gasteiger partial charge on any atom is -0.495 e. The van der Waals surface area contributed by atoms with Crippen molar-refractivity contribution in [3.63, 3.8) is 0 Å². The molecule has 0 heterocycles. The molecule has 0 radical (unpaired) electrons. The molecule has 26 heavy (non-hydrogen) atoms. The Kier molecular flexibility index (Phi) is 5.97. The molecule has 0 amide bonds. The zero-order valence-electron chi connectivity index (χ0n) is 17.3. The first kappa shape index (κ1) is 20.6. The highest BCUT2D eigenvalue weighted by molar-refractivity contribution is 6.32. The predicted molar refractivity (Wildman–Crippen MR) is 111 cm³/mol. The van der Waals surface area contributed by atoms with Gasteiger partial charge in [0.2, 0.25) is 0 Å². The van der Waals surface area contributed by atoms with Gasteiger partial charge in [-0.25, -0.2) is 0 Å². The number of hydrogen-bond donors (Lipinski definition) is 0. The van der Waals surface area contributed by atoms with Crippen molar-refractivity contribution in [1.29, 1.82) is 0 Å². The average molecular weight is 375 g/mol. The van der Waals surface area contributed by atoms with Crippen molar-refractivity contribution < 1.29 is 9.47 Å². The molecule has 0 saturated carbocycles. The molecule has 2 nitrogen and oxygen atoms in total. The summed E-state index contributed by atoms with van der Waals surface area (Å²) in [6.07, 6.45) is 0. The number of methoxy groups -OCH3 is 1. The molecule has 0 aliphatic rings. The van der Waals surface area contributed by atoms with Crippen LogP contribution in [0.4, 0.5) is 0 Å². The van der Waals surface area contributed by atoms with Crippen LogP contribution in [0.15, 0.2) is 30.3 Å². The lowest BCUT2D eigenvalue weighted by Crippen LogP contribution is -2.18. The minimum atomic E-state index is -0.104. The standard InChI is InChI=1S/C23H31ClO2/c1-15-10-9-11-17(22(2,3)4)20(15)26-14-16-12-13-18(24)21(25-8)19(16)23(5,6)7/h9-13H,14H2,1-8H3. The van der Waals surface area contributed by atoms with E-state index < -0.39 is 0 Å². The smallest absolute Gasteiger partial charge is 0.141 e. The van der Waals surface area contributed by atoms with E-state index in [1.54, 1.807) is 7.11 Å². The van der Waals surface area contributed by atoms with Gasteiger partial charge in [0.1, 0.15) is 18.1 Å². The van der Waals surface area contributed by atoms with Crippen LogP contribution in [0.2, 0.25) is 5.02 Å². The van der Waals surface area contributed by atoms with Crippen LogP contribution >= 0.6 is 11.6 Å². The first-order chi connectivity index (χ1) is 12.0. The highest BCUT2D eigenvalue weighted by Crippen LogP contribution is 2.40. The van der Waals surface area contributed by atoms with Gasteiger partial charge in [0.15, 0.2) is 0 Å². The molecule has 3 heteroatoms. The number of hydrogen-bond acceptors (Lipinski definition) is 2. The van der Waals surface area contributed by atoms with Crippen LogP contribution in [-0.2, 0) is 17.4 Å². The van der Waals surface area contributed by atoms with E-state index in [4.69, 9.17) is 21.1 Å². The summed E-state index contributed by atoms with van der Waals surface area (Å²) in [5, 5.41) is 0.632. The van der Waals surface area contributed by atoms with Gasteiger partial charge < -0.3 is 9.47 Å². The van der Waals surface area contributed by atoms with Crippen molar-refractivity contribution in [3.05, 3.63) is 57.6 Å². The molecule has 0 fully saturated rings. The van der Waals surface area contributed by atoms with Gasteiger partial charge in [0, 0.05) is 5.56 Å². The monoisotopic (exact) mass is 374 g/mol. The third-order valence-corrected chi connectivity index (χ3v) is 4.84. The summed E-state index contributed by atoms with van der Waals surface area (Å²) in [5.74, 6) is 1.70. The zero-order valence-corrected chi connectivity index (χ0v) is 18.0. The molecule has 0 bridgehead atoms. The summed E-state index contributed by atoms with van der Waals surface area (Å²) >= 11 is 6.37. The van der Waals surface area contributed by atoms with E-state index in [1.165, 1.54) is 5.56 Å². The summed E-state index contributed by atoms with van der Waals surface area (Å²) in [7, 11) is 1.67. The molecule has 0 atom stereocenters. The Morgan fingerprint density at radius 1 is 0.885 bits per heavy atom. The molecule has 0 saturated heterocycles. The lowest BCUT2D eigenvalue weighted by atomic mass is 9.83. The maximum Gasteiger partial charge on any atom is 0.141 e. The fourth-order valence-corrected chi connectivity index (χ4v) is 3.56. The summed E-state index contributed by atoms with van der Waals surface area (Å²) in [6, 6.07) is 10.3. The van der Waals surface area contributed by atoms with Gasteiger partial charge in [0.25, 0.3) is 0 Å². The lowest BCUT2D eigenvalue weighted by Gasteiger charge is -2.28. The molecule has 0 aliphatic heterocycles. The Morgan fingerprint density at radius 2 is 1.54 bits per heavy atom. The SMILES string of the molecule is COc1c(Cl)ccc(COc2c(C)cccc2C(C)(C)C)c1C(C)(C)C. The van der Waals surface area contributed by atoms with E-state index in [2.05, 4.69) is 66.7 Å². The van der Waals surface area contributed by atoms with E-state index in [9.17, 15) is 0 Å². The Balaban J connectivity index is 2.47. The fraction of sp³-hybridized carbons (Fsp3) is 0.478. The Labute approximate surface area is 163 Å². The van der Waals surface area contributed by atoms with E-state index in [-0.39, 0.29) is 10.8 Å². The zero-order chi connectivity index (χ0) is 19.7. The Bertz CT molecular complexity index is 780. The van der Waals surface area contributed by atoms with Gasteiger partial charge in [-0.05, 0) is 40.5 Å². The molecular formula is C23H31ClO2. The van der Waals surface area contributed by atoms with Crippen molar-refractivity contribution in [2.24, 2.45) is 0 Å². The van der Waals surface area contributed by atoms with E-state index in [0.29, 0.717) is 11.6 Å². The van der Waals surface area contributed by atoms with Crippen LogP contribution in [0, 0.1) is 6.92 Å². The van der Waals surface area contributed by atoms with Crippen LogP contribution in [-0.4, -0.2) is 7.11 Å². The first-order valence-corrected chi connectivity index (χ1v) is 9.43. The van der Waals surface area contributed by atoms with Gasteiger partial charge in [-0.3, -0.25) is 0 Å². The molecule has 0 unspecified atom stereocenters. The quantitative estimate of drug-likeness (QED) is 0.583. The average Bonchev–Trinajstić information content (AvgIpc) is 2.52. The molecule has 0 aliphatic carbocycles. The molecule has 2 aromatic carbocycles. The molecule has 142 valence electrons. The van der Waals surface area contributed by atoms with Crippen LogP contribution < -0.4 is 9.47 Å². The summed E-state index contributed by atoms with van der Waals surface area (Å²) in [5.41, 5.74) is 4.48. The number of benzene rings is 2. The molecule has 0 aromatic heterocycles. The van der Waals surface area contributed by atoms with Crippen molar-refractivity contribution in [2.75, 3.05) is 7.11 Å². The van der Waals surface area contributed by atoms with Gasteiger partial charge in [-0.15, -0.1) is 0 Å². The van der Waals surface area contributed by atoms with Crippen molar-refractivity contribution in [1.82, 2.24) is 0 Å². The summed E-state index contributed by atoms with van der Waals surface area (Å²) in [4.78, 5) is 0. The van der Waals surface area contributed by atoms with E-state index in [1.807, 2.05) is 12.1 Å². The number of para-hydroxylation sites is 1. The number of rotatable bonds is 4. The molecule has 2 aromatic rings. The van der Waals surface area contributed by atoms with E-state index in [0.717, 1.165) is 28.2 Å². The number of aryl methyl sites for hydroxylation is 1. The summed E-state index contributed by atoms with van der Waals surface area (Å²) < 4.78 is 12.0. The Morgan fingerprint density at radius 3 is 2.08 bits per heavy atom. The summed E-state index contributed by atoms with van der Waals surface area (Å²) in [6.45, 7) is 15.7. The third-order valence-electron chi connectivity index (χ3n) is 4.54. The third kappa shape index (κ3) is 4.35. The first-order valence-electron chi connectivity index (χ1n) is 9.05. The second kappa shape index (κ2) is 7.52. The van der Waals surface area contributed by atoms with Gasteiger partial charge >= 0.3 is 0 Å². The normalized spacial score (nSPS) is 12.2. The maximum atomic E-state index is 6.37. The fourth-order valence-electron chi connectivity index (χ4n) is 3.32. The van der Waals surface area contributed by atoms with Gasteiger partial charge in [-0.2, -0.15) is 0 Å². The molecular weight excluding hydrogens is 344 g/mol. The highest BCUT2D eigenvalue weighted by atomic mass is 35.5. The molecule has 2 rings (SSSR count). The highest BCUT2D eigenvalue weighted by Gasteiger charge is 2.26. The number of halogens is 1. The second-order valence-electron chi connectivity index (χ2n) is 8.86. The van der Waals surface area contributed by atoms with Crippen LogP contribution in [0.1, 0.15) is 63.8 Å². The van der Waals surface area contributed by atoms with Crippen LogP contribution in [0.5, 0.6) is 11.5 Å². The molecule has 0 spiro atoms. The Hall–Kier alpha value is -1.67. The minimum absolute atomic E-state index is 0.0197. The maximum absolute atomic E-state index is 6.37.